The Hall–Kier alpha value is -0.910. The van der Waals surface area contributed by atoms with Crippen molar-refractivity contribution in [2.45, 2.75) is 49.0 Å². The average Bonchev–Trinajstić information content (AvgIpc) is 2.38. The molecule has 1 aromatic rings. The molecule has 112 valence electrons. The summed E-state index contributed by atoms with van der Waals surface area (Å²) in [6, 6.07) is 8.40. The van der Waals surface area contributed by atoms with Crippen LogP contribution in [0.4, 0.5) is 0 Å². The lowest BCUT2D eigenvalue weighted by atomic mass is 9.79. The van der Waals surface area contributed by atoms with Crippen molar-refractivity contribution in [2.75, 3.05) is 0 Å². The molecule has 2 rings (SSSR count). The molecule has 1 aliphatic carbocycles. The van der Waals surface area contributed by atoms with Gasteiger partial charge in [0.1, 0.15) is 0 Å². The maximum absolute atomic E-state index is 12.7. The van der Waals surface area contributed by atoms with E-state index in [0.29, 0.717) is 24.2 Å². The molecule has 1 fully saturated rings. The third-order valence-corrected chi connectivity index (χ3v) is 6.75. The molecule has 1 saturated carbocycles. The van der Waals surface area contributed by atoms with Crippen molar-refractivity contribution in [3.05, 3.63) is 30.3 Å². The Morgan fingerprint density at radius 3 is 2.30 bits per heavy atom. The number of benzene rings is 1. The van der Waals surface area contributed by atoms with Crippen LogP contribution < -0.4 is 0 Å². The van der Waals surface area contributed by atoms with Crippen molar-refractivity contribution < 1.29 is 18.6 Å². The predicted octanol–water partition coefficient (Wildman–Crippen LogP) is 1.97. The van der Waals surface area contributed by atoms with Crippen LogP contribution in [0.1, 0.15) is 33.1 Å². The number of aliphatic hydroxyl groups is 2. The highest BCUT2D eigenvalue weighted by Crippen LogP contribution is 2.39. The van der Waals surface area contributed by atoms with Crippen molar-refractivity contribution in [3.8, 4) is 0 Å². The summed E-state index contributed by atoms with van der Waals surface area (Å²) in [7, 11) is -3.43. The molecule has 1 aromatic carbocycles. The van der Waals surface area contributed by atoms with E-state index in [-0.39, 0.29) is 5.92 Å². The highest BCUT2D eigenvalue weighted by Gasteiger charge is 2.42. The van der Waals surface area contributed by atoms with Gasteiger partial charge in [-0.25, -0.2) is 8.42 Å². The molecule has 4 nitrogen and oxygen atoms in total. The second-order valence-corrected chi connectivity index (χ2v) is 8.14. The van der Waals surface area contributed by atoms with Crippen molar-refractivity contribution in [1.29, 1.82) is 0 Å². The minimum atomic E-state index is -3.43. The topological polar surface area (TPSA) is 74.6 Å². The maximum Gasteiger partial charge on any atom is 0.181 e. The van der Waals surface area contributed by atoms with Gasteiger partial charge in [-0.1, -0.05) is 25.1 Å². The minimum Gasteiger partial charge on any atom is -0.366 e. The van der Waals surface area contributed by atoms with Gasteiger partial charge < -0.3 is 10.2 Å². The fraction of sp³-hybridized carbons (Fsp3) is 0.600. The molecule has 3 atom stereocenters. The number of rotatable bonds is 3. The molecule has 0 amide bonds. The first-order valence-corrected chi connectivity index (χ1v) is 8.51. The fourth-order valence-corrected chi connectivity index (χ4v) is 5.11. The lowest BCUT2D eigenvalue weighted by molar-refractivity contribution is -0.192. The largest absolute Gasteiger partial charge is 0.366 e. The maximum atomic E-state index is 12.7. The van der Waals surface area contributed by atoms with Gasteiger partial charge in [0.2, 0.25) is 0 Å². The smallest absolute Gasteiger partial charge is 0.181 e. The molecular formula is C15H22O4S. The van der Waals surface area contributed by atoms with Crippen molar-refractivity contribution in [2.24, 2.45) is 11.8 Å². The first-order chi connectivity index (χ1) is 9.23. The second-order valence-electron chi connectivity index (χ2n) is 5.98. The van der Waals surface area contributed by atoms with E-state index in [0.717, 1.165) is 0 Å². The fourth-order valence-electron chi connectivity index (χ4n) is 2.99. The van der Waals surface area contributed by atoms with Gasteiger partial charge in [0.25, 0.3) is 0 Å². The van der Waals surface area contributed by atoms with Crippen LogP contribution in [-0.2, 0) is 9.84 Å². The van der Waals surface area contributed by atoms with Crippen LogP contribution >= 0.6 is 0 Å². The molecule has 0 aromatic heterocycles. The van der Waals surface area contributed by atoms with Crippen LogP contribution in [0.15, 0.2) is 35.2 Å². The Bertz CT molecular complexity index is 545. The molecule has 0 spiro atoms. The van der Waals surface area contributed by atoms with E-state index in [2.05, 4.69) is 0 Å². The van der Waals surface area contributed by atoms with E-state index in [1.807, 2.05) is 6.92 Å². The highest BCUT2D eigenvalue weighted by atomic mass is 32.2. The molecule has 2 N–H and O–H groups in total. The Kier molecular flexibility index (Phi) is 4.23. The second kappa shape index (κ2) is 5.47. The van der Waals surface area contributed by atoms with Crippen LogP contribution in [0.5, 0.6) is 0 Å². The Labute approximate surface area is 120 Å². The average molecular weight is 298 g/mol. The SMILES string of the molecule is CC1CCC(C(C)(O)O)CC1S(=O)(=O)c1ccccc1. The predicted molar refractivity (Wildman–Crippen MR) is 76.8 cm³/mol. The van der Waals surface area contributed by atoms with E-state index >= 15 is 0 Å². The molecule has 3 unspecified atom stereocenters. The van der Waals surface area contributed by atoms with Gasteiger partial charge in [-0.2, -0.15) is 0 Å². The summed E-state index contributed by atoms with van der Waals surface area (Å²) in [5.74, 6) is -2.19. The lowest BCUT2D eigenvalue weighted by Gasteiger charge is -2.38. The zero-order valence-corrected chi connectivity index (χ0v) is 12.7. The third kappa shape index (κ3) is 3.05. The van der Waals surface area contributed by atoms with Crippen molar-refractivity contribution in [1.82, 2.24) is 0 Å². The molecule has 20 heavy (non-hydrogen) atoms. The van der Waals surface area contributed by atoms with Gasteiger partial charge >= 0.3 is 0 Å². The summed E-state index contributed by atoms with van der Waals surface area (Å²) in [6.45, 7) is 3.26. The zero-order valence-electron chi connectivity index (χ0n) is 11.9. The van der Waals surface area contributed by atoms with Crippen LogP contribution in [-0.4, -0.2) is 29.7 Å². The van der Waals surface area contributed by atoms with Crippen molar-refractivity contribution in [3.63, 3.8) is 0 Å². The van der Waals surface area contributed by atoms with Crippen LogP contribution in [0, 0.1) is 11.8 Å². The first kappa shape index (κ1) is 15.5. The molecule has 0 bridgehead atoms. The molecule has 1 aliphatic rings. The molecule has 0 heterocycles. The Morgan fingerprint density at radius 2 is 1.75 bits per heavy atom. The number of hydrogen-bond acceptors (Lipinski definition) is 4. The standard InChI is InChI=1S/C15H22O4S/c1-11-8-9-12(15(2,16)17)10-14(11)20(18,19)13-6-4-3-5-7-13/h3-7,11-12,14,16-17H,8-10H2,1-2H3. The summed E-state index contributed by atoms with van der Waals surface area (Å²) >= 11 is 0. The first-order valence-electron chi connectivity index (χ1n) is 6.96. The number of hydrogen-bond donors (Lipinski definition) is 2. The normalized spacial score (nSPS) is 28.3. The minimum absolute atomic E-state index is 0.0267. The zero-order chi connectivity index (χ0) is 15.0. The van der Waals surface area contributed by atoms with Crippen LogP contribution in [0.2, 0.25) is 0 Å². The Balaban J connectivity index is 2.30. The monoisotopic (exact) mass is 298 g/mol. The van der Waals surface area contributed by atoms with Gasteiger partial charge in [0.15, 0.2) is 15.6 Å². The summed E-state index contributed by atoms with van der Waals surface area (Å²) in [5.41, 5.74) is 0. The van der Waals surface area contributed by atoms with E-state index in [4.69, 9.17) is 0 Å². The van der Waals surface area contributed by atoms with Gasteiger partial charge in [0.05, 0.1) is 10.1 Å². The molecular weight excluding hydrogens is 276 g/mol. The number of sulfone groups is 1. The molecule has 0 radical (unpaired) electrons. The van der Waals surface area contributed by atoms with Gasteiger partial charge in [-0.15, -0.1) is 0 Å². The van der Waals surface area contributed by atoms with E-state index in [9.17, 15) is 18.6 Å². The quantitative estimate of drug-likeness (QED) is 0.837. The van der Waals surface area contributed by atoms with E-state index < -0.39 is 26.8 Å². The summed E-state index contributed by atoms with van der Waals surface area (Å²) in [4.78, 5) is 0.315. The third-order valence-electron chi connectivity index (χ3n) is 4.37. The Morgan fingerprint density at radius 1 is 1.15 bits per heavy atom. The molecule has 5 heteroatoms. The van der Waals surface area contributed by atoms with Crippen LogP contribution in [0.25, 0.3) is 0 Å². The van der Waals surface area contributed by atoms with E-state index in [1.165, 1.54) is 6.92 Å². The summed E-state index contributed by atoms with van der Waals surface area (Å²) < 4.78 is 25.4. The van der Waals surface area contributed by atoms with Gasteiger partial charge in [0, 0.05) is 5.92 Å². The summed E-state index contributed by atoms with van der Waals surface area (Å²) in [6.07, 6.45) is 1.63. The highest BCUT2D eigenvalue weighted by molar-refractivity contribution is 7.92. The molecule has 0 saturated heterocycles. The lowest BCUT2D eigenvalue weighted by Crippen LogP contribution is -2.43. The van der Waals surface area contributed by atoms with E-state index in [1.54, 1.807) is 30.3 Å². The van der Waals surface area contributed by atoms with Crippen LogP contribution in [0.3, 0.4) is 0 Å². The molecule has 0 aliphatic heterocycles. The summed E-state index contributed by atoms with van der Waals surface area (Å²) in [5, 5.41) is 18.9. The van der Waals surface area contributed by atoms with Crippen molar-refractivity contribution >= 4 is 9.84 Å². The van der Waals surface area contributed by atoms with Gasteiger partial charge in [-0.3, -0.25) is 0 Å². The van der Waals surface area contributed by atoms with Gasteiger partial charge in [-0.05, 0) is 44.2 Å².